The minimum atomic E-state index is -0.459. The molecule has 118 valence electrons. The molecule has 1 N–H and O–H groups in total. The van der Waals surface area contributed by atoms with Crippen LogP contribution < -0.4 is 5.32 Å². The molecule has 21 heavy (non-hydrogen) atoms. The number of carbonyl (C=O) groups is 2. The lowest BCUT2D eigenvalue weighted by Gasteiger charge is -2.19. The summed E-state index contributed by atoms with van der Waals surface area (Å²) in [6, 6.07) is 9.22. The number of hydrogen-bond donors (Lipinski definition) is 1. The third kappa shape index (κ3) is 12.7. The molecule has 0 aliphatic carbocycles. The Bertz CT molecular complexity index is 430. The Labute approximate surface area is 126 Å². The molecule has 0 unspecified atom stereocenters. The summed E-state index contributed by atoms with van der Waals surface area (Å²) in [7, 11) is 0. The van der Waals surface area contributed by atoms with E-state index in [0.717, 1.165) is 5.69 Å². The average molecular weight is 295 g/mol. The number of benzene rings is 1. The molecule has 0 saturated heterocycles. The highest BCUT2D eigenvalue weighted by atomic mass is 16.6. The molecule has 0 aromatic heterocycles. The van der Waals surface area contributed by atoms with Gasteiger partial charge in [-0.15, -0.1) is 0 Å². The zero-order valence-electron chi connectivity index (χ0n) is 13.6. The Hall–Kier alpha value is -2.04. The number of para-hydroxylation sites is 1. The summed E-state index contributed by atoms with van der Waals surface area (Å²) in [5, 5.41) is 2.64. The molecule has 1 aromatic rings. The van der Waals surface area contributed by atoms with Gasteiger partial charge in [-0.05, 0) is 53.7 Å². The van der Waals surface area contributed by atoms with Gasteiger partial charge in [-0.25, -0.2) is 4.79 Å². The van der Waals surface area contributed by atoms with E-state index in [1.807, 2.05) is 71.9 Å². The highest BCUT2D eigenvalue weighted by molar-refractivity contribution is 5.84. The highest BCUT2D eigenvalue weighted by Crippen LogP contribution is 2.10. The van der Waals surface area contributed by atoms with Crippen LogP contribution in [0.3, 0.4) is 0 Å². The minimum Gasteiger partial charge on any atom is -0.462 e. The van der Waals surface area contributed by atoms with Crippen molar-refractivity contribution in [3.8, 4) is 0 Å². The molecular weight excluding hydrogens is 270 g/mol. The maximum atomic E-state index is 11.3. The van der Waals surface area contributed by atoms with E-state index in [4.69, 9.17) is 4.74 Å². The fourth-order valence-electron chi connectivity index (χ4n) is 1.09. The number of hydrogen-bond acceptors (Lipinski definition) is 4. The first-order valence-corrected chi connectivity index (χ1v) is 6.70. The smallest absolute Gasteiger partial charge is 0.412 e. The van der Waals surface area contributed by atoms with Gasteiger partial charge in [-0.1, -0.05) is 18.2 Å². The summed E-state index contributed by atoms with van der Waals surface area (Å²) in [5.41, 5.74) is -0.0394. The van der Waals surface area contributed by atoms with Crippen molar-refractivity contribution in [3.05, 3.63) is 30.3 Å². The second-order valence-corrected chi connectivity index (χ2v) is 6.32. The molecule has 0 aliphatic rings. The number of ether oxygens (including phenoxy) is 2. The van der Waals surface area contributed by atoms with E-state index in [1.165, 1.54) is 0 Å². The summed E-state index contributed by atoms with van der Waals surface area (Å²) >= 11 is 0. The van der Waals surface area contributed by atoms with Crippen LogP contribution >= 0.6 is 0 Å². The first kappa shape index (κ1) is 19.0. The molecule has 1 aromatic carbocycles. The van der Waals surface area contributed by atoms with Crippen LogP contribution in [-0.4, -0.2) is 23.8 Å². The van der Waals surface area contributed by atoms with E-state index in [-0.39, 0.29) is 5.60 Å². The molecule has 0 heterocycles. The number of amides is 1. The van der Waals surface area contributed by atoms with Gasteiger partial charge in [0.15, 0.2) is 0 Å². The van der Waals surface area contributed by atoms with Crippen LogP contribution in [0.15, 0.2) is 30.3 Å². The number of carbonyl (C=O) groups excluding carboxylic acids is 2. The summed E-state index contributed by atoms with van der Waals surface area (Å²) in [4.78, 5) is 20.9. The summed E-state index contributed by atoms with van der Waals surface area (Å²) in [6.07, 6.45) is -0.427. The number of nitrogens with one attached hydrogen (secondary N) is 1. The second kappa shape index (κ2) is 8.29. The van der Waals surface area contributed by atoms with Crippen molar-refractivity contribution in [3.63, 3.8) is 0 Å². The van der Waals surface area contributed by atoms with Crippen LogP contribution in [0.1, 0.15) is 41.5 Å². The van der Waals surface area contributed by atoms with E-state index in [0.29, 0.717) is 6.47 Å². The molecule has 0 atom stereocenters. The lowest BCUT2D eigenvalue weighted by molar-refractivity contribution is -0.138. The van der Waals surface area contributed by atoms with Crippen molar-refractivity contribution in [1.82, 2.24) is 0 Å². The third-order valence-electron chi connectivity index (χ3n) is 1.82. The molecule has 0 fully saturated rings. The van der Waals surface area contributed by atoms with Crippen molar-refractivity contribution >= 4 is 18.3 Å². The predicted octanol–water partition coefficient (Wildman–Crippen LogP) is 3.99. The first-order chi connectivity index (χ1) is 9.53. The Morgan fingerprint density at radius 1 is 1.00 bits per heavy atom. The molecule has 5 heteroatoms. The Kier molecular flexibility index (Phi) is 7.49. The molecule has 0 aliphatic heterocycles. The Morgan fingerprint density at radius 2 is 1.52 bits per heavy atom. The zero-order valence-corrected chi connectivity index (χ0v) is 13.6. The van der Waals surface area contributed by atoms with Gasteiger partial charge in [-0.3, -0.25) is 10.1 Å². The average Bonchev–Trinajstić information content (AvgIpc) is 2.26. The minimum absolute atomic E-state index is 0.318. The van der Waals surface area contributed by atoms with Crippen LogP contribution in [0.4, 0.5) is 10.5 Å². The van der Waals surface area contributed by atoms with Gasteiger partial charge in [0.25, 0.3) is 6.47 Å². The summed E-state index contributed by atoms with van der Waals surface area (Å²) in [6.45, 7) is 11.4. The third-order valence-corrected chi connectivity index (χ3v) is 1.82. The molecule has 1 rings (SSSR count). The molecule has 0 bridgehead atoms. The largest absolute Gasteiger partial charge is 0.462 e. The van der Waals surface area contributed by atoms with E-state index in [1.54, 1.807) is 0 Å². The van der Waals surface area contributed by atoms with E-state index in [2.05, 4.69) is 10.1 Å². The van der Waals surface area contributed by atoms with E-state index >= 15 is 0 Å². The van der Waals surface area contributed by atoms with Gasteiger partial charge in [0.1, 0.15) is 11.2 Å². The van der Waals surface area contributed by atoms with Crippen LogP contribution in [0.25, 0.3) is 0 Å². The molecule has 0 radical (unpaired) electrons. The maximum absolute atomic E-state index is 11.3. The van der Waals surface area contributed by atoms with Crippen molar-refractivity contribution in [1.29, 1.82) is 0 Å². The van der Waals surface area contributed by atoms with Crippen molar-refractivity contribution in [2.75, 3.05) is 5.32 Å². The van der Waals surface area contributed by atoms with Crippen LogP contribution in [-0.2, 0) is 14.3 Å². The SMILES string of the molecule is CC(C)(C)OC(=O)Nc1ccccc1.CC(C)(C)OC=O. The molecular formula is C16H25NO4. The van der Waals surface area contributed by atoms with Crippen LogP contribution in [0.2, 0.25) is 0 Å². The summed E-state index contributed by atoms with van der Waals surface area (Å²) < 4.78 is 9.64. The molecule has 5 nitrogen and oxygen atoms in total. The molecule has 0 saturated carbocycles. The first-order valence-electron chi connectivity index (χ1n) is 6.70. The van der Waals surface area contributed by atoms with Crippen molar-refractivity contribution in [2.24, 2.45) is 0 Å². The normalized spacial score (nSPS) is 10.8. The van der Waals surface area contributed by atoms with Gasteiger partial charge in [0.2, 0.25) is 0 Å². The topological polar surface area (TPSA) is 64.6 Å². The number of anilines is 1. The molecule has 1 amide bonds. The van der Waals surface area contributed by atoms with Crippen LogP contribution in [0.5, 0.6) is 0 Å². The second-order valence-electron chi connectivity index (χ2n) is 6.32. The van der Waals surface area contributed by atoms with Crippen molar-refractivity contribution in [2.45, 2.75) is 52.7 Å². The fourth-order valence-corrected chi connectivity index (χ4v) is 1.09. The standard InChI is InChI=1S/C11H15NO2.C5H10O2/c1-11(2,3)14-10(13)12-9-7-5-4-6-8-9;1-5(2,3)7-4-6/h4-8H,1-3H3,(H,12,13);4H,1-3H3. The van der Waals surface area contributed by atoms with Gasteiger partial charge >= 0.3 is 6.09 Å². The highest BCUT2D eigenvalue weighted by Gasteiger charge is 2.15. The number of rotatable bonds is 2. The van der Waals surface area contributed by atoms with Gasteiger partial charge < -0.3 is 9.47 Å². The van der Waals surface area contributed by atoms with E-state index < -0.39 is 11.7 Å². The fraction of sp³-hybridized carbons (Fsp3) is 0.500. The lowest BCUT2D eigenvalue weighted by Crippen LogP contribution is -2.27. The summed E-state index contributed by atoms with van der Waals surface area (Å²) in [5.74, 6) is 0. The van der Waals surface area contributed by atoms with E-state index in [9.17, 15) is 9.59 Å². The molecule has 0 spiro atoms. The van der Waals surface area contributed by atoms with Crippen molar-refractivity contribution < 1.29 is 19.1 Å². The van der Waals surface area contributed by atoms with Crippen LogP contribution in [0, 0.1) is 0 Å². The lowest BCUT2D eigenvalue weighted by atomic mass is 10.2. The maximum Gasteiger partial charge on any atom is 0.412 e. The van der Waals surface area contributed by atoms with Gasteiger partial charge in [-0.2, -0.15) is 0 Å². The monoisotopic (exact) mass is 295 g/mol. The predicted molar refractivity (Wildman–Crippen MR) is 83.2 cm³/mol. The quantitative estimate of drug-likeness (QED) is 0.838. The Morgan fingerprint density at radius 3 is 1.86 bits per heavy atom. The van der Waals surface area contributed by atoms with Gasteiger partial charge in [0.05, 0.1) is 0 Å². The van der Waals surface area contributed by atoms with Gasteiger partial charge in [0, 0.05) is 5.69 Å². The zero-order chi connectivity index (χ0) is 16.5. The Balaban J connectivity index is 0.000000486.